The highest BCUT2D eigenvalue weighted by molar-refractivity contribution is 5.11. The topological polar surface area (TPSA) is 6.48 Å². The van der Waals surface area contributed by atoms with Crippen molar-refractivity contribution >= 4 is 0 Å². The normalized spacial score (nSPS) is 52.1. The van der Waals surface area contributed by atoms with Crippen molar-refractivity contribution in [1.29, 1.82) is 0 Å². The average molecular weight is 219 g/mol. The molecule has 2 heteroatoms. The van der Waals surface area contributed by atoms with E-state index in [1.807, 2.05) is 6.04 Å². The smallest absolute Gasteiger partial charge is 0.0566 e. The summed E-state index contributed by atoms with van der Waals surface area (Å²) in [4.78, 5) is 5.53. The first kappa shape index (κ1) is 9.90. The Morgan fingerprint density at radius 1 is 0.812 bits per heavy atom. The Morgan fingerprint density at radius 3 is 2.00 bits per heavy atom. The molecule has 2 nitrogen and oxygen atoms in total. The van der Waals surface area contributed by atoms with Crippen LogP contribution in [0.5, 0.6) is 0 Å². The van der Waals surface area contributed by atoms with Crippen molar-refractivity contribution in [1.82, 2.24) is 9.80 Å². The minimum absolute atomic E-state index is 0.857. The number of rotatable bonds is 1. The third kappa shape index (κ3) is 1.46. The summed E-state index contributed by atoms with van der Waals surface area (Å²) in [5, 5.41) is 0. The van der Waals surface area contributed by atoms with Gasteiger partial charge in [-0.25, -0.2) is 0 Å². The summed E-state index contributed by atoms with van der Waals surface area (Å²) in [7, 11) is 0. The molecular weight excluding hydrogens is 196 g/mol. The lowest BCUT2D eigenvalue weighted by atomic mass is 9.74. The fourth-order valence-electron chi connectivity index (χ4n) is 4.51. The predicted octanol–water partition coefficient (Wildman–Crippen LogP) is 2.12. The number of fused-ring (bicyclic) bond motifs is 7. The Kier molecular flexibility index (Phi) is 2.29. The molecule has 0 saturated carbocycles. The number of piperidine rings is 6. The van der Waals surface area contributed by atoms with Gasteiger partial charge in [0.05, 0.1) is 6.04 Å². The van der Waals surface area contributed by atoms with Crippen molar-refractivity contribution in [3.63, 3.8) is 0 Å². The maximum absolute atomic E-state index is 2.79. The molecule has 6 rings (SSSR count). The fourth-order valence-corrected chi connectivity index (χ4v) is 4.51. The number of hydrogen-bond donors (Lipinski definition) is 0. The molecule has 6 aliphatic heterocycles. The first-order chi connectivity index (χ1) is 7.90. The molecule has 6 heterocycles. The van der Waals surface area contributed by atoms with Crippen LogP contribution in [0.1, 0.15) is 38.5 Å². The van der Waals surface area contributed by atoms with Gasteiger partial charge in [0.1, 0.15) is 0 Å². The number of nitrogens with zero attached hydrogens (tertiary/aromatic N) is 2. The van der Waals surface area contributed by atoms with E-state index in [1.54, 1.807) is 0 Å². The van der Waals surface area contributed by atoms with Gasteiger partial charge < -0.3 is 0 Å². The molecule has 0 amide bonds. The minimum atomic E-state index is 0.857. The monoisotopic (exact) mass is 219 g/mol. The van der Waals surface area contributed by atoms with Crippen molar-refractivity contribution in [3.8, 4) is 0 Å². The van der Waals surface area contributed by atoms with Crippen LogP contribution in [0.15, 0.2) is 0 Å². The summed E-state index contributed by atoms with van der Waals surface area (Å²) in [5.41, 5.74) is 0. The lowest BCUT2D eigenvalue weighted by molar-refractivity contribution is -0.00193. The highest BCUT2D eigenvalue weighted by Gasteiger charge is 2.44. The zero-order chi connectivity index (χ0) is 10.5. The van der Waals surface area contributed by atoms with Crippen molar-refractivity contribution < 1.29 is 0 Å². The molecule has 0 aliphatic carbocycles. The van der Waals surface area contributed by atoms with E-state index in [0.717, 1.165) is 17.9 Å². The Balaban J connectivity index is 1.53. The molecule has 0 aromatic carbocycles. The zero-order valence-electron chi connectivity index (χ0n) is 10.2. The molecule has 16 heavy (non-hydrogen) atoms. The minimum Gasteiger partial charge on any atom is -0.298 e. The van der Waals surface area contributed by atoms with Gasteiger partial charge in [-0.3, -0.25) is 9.80 Å². The molecule has 0 N–H and O–H groups in total. The maximum atomic E-state index is 2.79. The van der Waals surface area contributed by atoms with Crippen LogP contribution in [0.3, 0.4) is 0 Å². The van der Waals surface area contributed by atoms with E-state index >= 15 is 0 Å². The number of hydrogen-bond acceptors (Lipinski definition) is 2. The molecule has 0 spiro atoms. The molecule has 6 fully saturated rings. The maximum Gasteiger partial charge on any atom is 0.0566 e. The molecule has 1 atom stereocenters. The van der Waals surface area contributed by atoms with E-state index in [0.29, 0.717) is 0 Å². The van der Waals surface area contributed by atoms with E-state index in [4.69, 9.17) is 0 Å². The highest BCUT2D eigenvalue weighted by atomic mass is 15.3. The van der Waals surface area contributed by atoms with E-state index in [2.05, 4.69) is 9.80 Å². The van der Waals surface area contributed by atoms with Crippen LogP contribution in [0, 0.1) is 17.9 Å². The largest absolute Gasteiger partial charge is 0.298 e. The first-order valence-corrected chi connectivity index (χ1v) is 7.25. The van der Waals surface area contributed by atoms with Crippen LogP contribution in [0.2, 0.25) is 0 Å². The second kappa shape index (κ2) is 3.71. The Labute approximate surface area is 99.0 Å². The van der Waals surface area contributed by atoms with Gasteiger partial charge in [-0.2, -0.15) is 0 Å². The van der Waals surface area contributed by atoms with Crippen LogP contribution >= 0.6 is 0 Å². The molecule has 6 saturated heterocycles. The van der Waals surface area contributed by atoms with Crippen molar-refractivity contribution in [2.24, 2.45) is 11.8 Å². The molecule has 4 bridgehead atoms. The van der Waals surface area contributed by atoms with Crippen LogP contribution in [-0.2, 0) is 0 Å². The van der Waals surface area contributed by atoms with Crippen LogP contribution in [-0.4, -0.2) is 42.0 Å². The summed E-state index contributed by atoms with van der Waals surface area (Å²) >= 11 is 0. The Bertz CT molecular complexity index is 234. The van der Waals surface area contributed by atoms with Gasteiger partial charge in [0.2, 0.25) is 0 Å². The van der Waals surface area contributed by atoms with Gasteiger partial charge in [-0.1, -0.05) is 0 Å². The molecule has 1 unspecified atom stereocenters. The van der Waals surface area contributed by atoms with Gasteiger partial charge >= 0.3 is 0 Å². The SMILES string of the molecule is C1CN2CCC1C[C]2C1CC2CCN1CC2. The summed E-state index contributed by atoms with van der Waals surface area (Å²) in [6, 6.07) is 2.70. The standard InChI is InChI=1S/C14H23N2/c1-5-15-6-2-11(1)9-13(15)14-10-12-3-7-16(14)8-4-12/h11-13H,1-10H2. The zero-order valence-corrected chi connectivity index (χ0v) is 10.2. The third-order valence-electron chi connectivity index (χ3n) is 5.55. The molecule has 1 radical (unpaired) electrons. The Morgan fingerprint density at radius 2 is 1.50 bits per heavy atom. The van der Waals surface area contributed by atoms with Gasteiger partial charge in [0.25, 0.3) is 0 Å². The summed E-state index contributed by atoms with van der Waals surface area (Å²) in [6.45, 7) is 5.51. The summed E-state index contributed by atoms with van der Waals surface area (Å²) in [6.07, 6.45) is 8.83. The van der Waals surface area contributed by atoms with Crippen LogP contribution in [0.4, 0.5) is 0 Å². The van der Waals surface area contributed by atoms with Crippen molar-refractivity contribution in [2.45, 2.75) is 44.6 Å². The summed E-state index contributed by atoms with van der Waals surface area (Å²) < 4.78 is 0. The molecule has 0 aromatic heterocycles. The second-order valence-electron chi connectivity index (χ2n) is 6.36. The van der Waals surface area contributed by atoms with Crippen LogP contribution < -0.4 is 0 Å². The fraction of sp³-hybridized carbons (Fsp3) is 0.929. The predicted molar refractivity (Wildman–Crippen MR) is 64.9 cm³/mol. The van der Waals surface area contributed by atoms with E-state index in [-0.39, 0.29) is 0 Å². The average Bonchev–Trinajstić information content (AvgIpc) is 2.41. The van der Waals surface area contributed by atoms with Crippen LogP contribution in [0.25, 0.3) is 0 Å². The summed E-state index contributed by atoms with van der Waals surface area (Å²) in [5.74, 6) is 2.10. The second-order valence-corrected chi connectivity index (χ2v) is 6.36. The van der Waals surface area contributed by atoms with Gasteiger partial charge in [0.15, 0.2) is 0 Å². The van der Waals surface area contributed by atoms with E-state index < -0.39 is 0 Å². The van der Waals surface area contributed by atoms with Crippen molar-refractivity contribution in [3.05, 3.63) is 6.04 Å². The van der Waals surface area contributed by atoms with E-state index in [1.165, 1.54) is 64.7 Å². The molecular formula is C14H23N2. The van der Waals surface area contributed by atoms with Crippen molar-refractivity contribution in [2.75, 3.05) is 26.2 Å². The molecule has 6 aliphatic rings. The quantitative estimate of drug-likeness (QED) is 0.666. The van der Waals surface area contributed by atoms with Gasteiger partial charge in [-0.05, 0) is 76.5 Å². The van der Waals surface area contributed by atoms with E-state index in [9.17, 15) is 0 Å². The third-order valence-corrected chi connectivity index (χ3v) is 5.55. The molecule has 89 valence electrons. The molecule has 0 aromatic rings. The Hall–Kier alpha value is -0.0800. The lowest BCUT2D eigenvalue weighted by Crippen LogP contribution is -2.58. The van der Waals surface area contributed by atoms with Gasteiger partial charge in [-0.15, -0.1) is 0 Å². The van der Waals surface area contributed by atoms with Gasteiger partial charge in [0, 0.05) is 6.04 Å². The lowest BCUT2D eigenvalue weighted by Gasteiger charge is -2.55. The highest BCUT2D eigenvalue weighted by Crippen LogP contribution is 2.44. The first-order valence-electron chi connectivity index (χ1n) is 7.25.